The predicted octanol–water partition coefficient (Wildman–Crippen LogP) is 3.05. The van der Waals surface area contributed by atoms with Gasteiger partial charge in [0.2, 0.25) is 0 Å². The second-order valence-corrected chi connectivity index (χ2v) is 5.40. The Balaban J connectivity index is 1.78. The van der Waals surface area contributed by atoms with E-state index in [1.807, 2.05) is 6.20 Å². The minimum absolute atomic E-state index is 0.0473. The number of hydrogen-bond acceptors (Lipinski definition) is 3. The molecule has 1 aromatic heterocycles. The first kappa shape index (κ1) is 13.1. The molecule has 0 radical (unpaired) electrons. The van der Waals surface area contributed by atoms with Crippen molar-refractivity contribution in [2.75, 3.05) is 11.4 Å². The maximum Gasteiger partial charge on any atom is 0.0572 e. The molecule has 0 amide bonds. The number of rotatable bonds is 3. The Labute approximate surface area is 120 Å². The van der Waals surface area contributed by atoms with E-state index in [0.717, 1.165) is 31.6 Å². The van der Waals surface area contributed by atoms with Crippen LogP contribution < -0.4 is 10.6 Å². The van der Waals surface area contributed by atoms with Gasteiger partial charge in [-0.05, 0) is 36.1 Å². The fraction of sp³-hybridized carbons (Fsp3) is 0.353. The molecule has 0 spiro atoms. The number of pyridine rings is 1. The molecule has 3 heteroatoms. The SMILES string of the molecule is CC[C@H](N)c1ccc(N2CCc3ccccc3C2)cn1. The minimum atomic E-state index is 0.0473. The Morgan fingerprint density at radius 1 is 1.20 bits per heavy atom. The Bertz CT molecular complexity index is 577. The largest absolute Gasteiger partial charge is 0.366 e. The van der Waals surface area contributed by atoms with Crippen LogP contribution in [0.5, 0.6) is 0 Å². The molecule has 104 valence electrons. The van der Waals surface area contributed by atoms with Crippen molar-refractivity contribution in [3.63, 3.8) is 0 Å². The topological polar surface area (TPSA) is 42.1 Å². The summed E-state index contributed by atoms with van der Waals surface area (Å²) in [7, 11) is 0. The molecule has 1 aromatic carbocycles. The fourth-order valence-electron chi connectivity index (χ4n) is 2.73. The van der Waals surface area contributed by atoms with E-state index in [9.17, 15) is 0 Å². The molecule has 0 saturated heterocycles. The van der Waals surface area contributed by atoms with Gasteiger partial charge in [0.25, 0.3) is 0 Å². The van der Waals surface area contributed by atoms with Gasteiger partial charge in [-0.1, -0.05) is 31.2 Å². The van der Waals surface area contributed by atoms with E-state index in [1.165, 1.54) is 16.8 Å². The van der Waals surface area contributed by atoms with Crippen LogP contribution in [-0.2, 0) is 13.0 Å². The van der Waals surface area contributed by atoms with Crippen LogP contribution in [0.1, 0.15) is 36.2 Å². The molecule has 2 heterocycles. The zero-order valence-corrected chi connectivity index (χ0v) is 11.9. The van der Waals surface area contributed by atoms with Crippen molar-refractivity contribution < 1.29 is 0 Å². The molecule has 2 aromatic rings. The highest BCUT2D eigenvalue weighted by atomic mass is 15.1. The summed E-state index contributed by atoms with van der Waals surface area (Å²) in [5.41, 5.74) is 11.1. The average molecular weight is 267 g/mol. The summed E-state index contributed by atoms with van der Waals surface area (Å²) in [6.07, 6.45) is 3.98. The summed E-state index contributed by atoms with van der Waals surface area (Å²) in [5, 5.41) is 0. The van der Waals surface area contributed by atoms with Gasteiger partial charge >= 0.3 is 0 Å². The van der Waals surface area contributed by atoms with E-state index in [2.05, 4.69) is 53.2 Å². The number of nitrogens with two attached hydrogens (primary N) is 1. The van der Waals surface area contributed by atoms with Gasteiger partial charge in [0.1, 0.15) is 0 Å². The highest BCUT2D eigenvalue weighted by Crippen LogP contribution is 2.24. The number of benzene rings is 1. The van der Waals surface area contributed by atoms with Crippen LogP contribution in [0.4, 0.5) is 5.69 Å². The normalized spacial score (nSPS) is 15.8. The minimum Gasteiger partial charge on any atom is -0.366 e. The highest BCUT2D eigenvalue weighted by Gasteiger charge is 2.16. The zero-order chi connectivity index (χ0) is 13.9. The summed E-state index contributed by atoms with van der Waals surface area (Å²) in [6.45, 7) is 4.11. The number of hydrogen-bond donors (Lipinski definition) is 1. The highest BCUT2D eigenvalue weighted by molar-refractivity contribution is 5.48. The second-order valence-electron chi connectivity index (χ2n) is 5.40. The van der Waals surface area contributed by atoms with E-state index < -0.39 is 0 Å². The van der Waals surface area contributed by atoms with Gasteiger partial charge in [0.15, 0.2) is 0 Å². The van der Waals surface area contributed by atoms with E-state index in [1.54, 1.807) is 0 Å². The second kappa shape index (κ2) is 5.63. The molecule has 1 aliphatic heterocycles. The maximum atomic E-state index is 6.01. The fourth-order valence-corrected chi connectivity index (χ4v) is 2.73. The van der Waals surface area contributed by atoms with Crippen molar-refractivity contribution in [1.82, 2.24) is 4.98 Å². The van der Waals surface area contributed by atoms with E-state index in [0.29, 0.717) is 0 Å². The first-order valence-electron chi connectivity index (χ1n) is 7.31. The van der Waals surface area contributed by atoms with Crippen molar-refractivity contribution in [2.24, 2.45) is 5.73 Å². The number of aromatic nitrogens is 1. The summed E-state index contributed by atoms with van der Waals surface area (Å²) < 4.78 is 0. The summed E-state index contributed by atoms with van der Waals surface area (Å²) >= 11 is 0. The third-order valence-corrected chi connectivity index (χ3v) is 4.09. The van der Waals surface area contributed by atoms with Gasteiger partial charge in [-0.15, -0.1) is 0 Å². The molecule has 2 N–H and O–H groups in total. The molecule has 1 atom stereocenters. The predicted molar refractivity (Wildman–Crippen MR) is 82.7 cm³/mol. The lowest BCUT2D eigenvalue weighted by Crippen LogP contribution is -2.30. The zero-order valence-electron chi connectivity index (χ0n) is 11.9. The molecule has 3 rings (SSSR count). The summed E-state index contributed by atoms with van der Waals surface area (Å²) in [5.74, 6) is 0. The van der Waals surface area contributed by atoms with E-state index >= 15 is 0 Å². The van der Waals surface area contributed by atoms with Gasteiger partial charge < -0.3 is 10.6 Å². The van der Waals surface area contributed by atoms with E-state index in [-0.39, 0.29) is 6.04 Å². The summed E-state index contributed by atoms with van der Waals surface area (Å²) in [4.78, 5) is 6.90. The van der Waals surface area contributed by atoms with Crippen molar-refractivity contribution in [3.8, 4) is 0 Å². The van der Waals surface area contributed by atoms with Crippen LogP contribution in [0.3, 0.4) is 0 Å². The molecule has 0 unspecified atom stereocenters. The van der Waals surface area contributed by atoms with Crippen LogP contribution in [0, 0.1) is 0 Å². The Morgan fingerprint density at radius 3 is 2.70 bits per heavy atom. The van der Waals surface area contributed by atoms with Gasteiger partial charge in [0, 0.05) is 19.1 Å². The quantitative estimate of drug-likeness (QED) is 0.929. The Kier molecular flexibility index (Phi) is 3.70. The molecule has 3 nitrogen and oxygen atoms in total. The van der Waals surface area contributed by atoms with Crippen molar-refractivity contribution >= 4 is 5.69 Å². The van der Waals surface area contributed by atoms with Gasteiger partial charge in [-0.2, -0.15) is 0 Å². The number of anilines is 1. The standard InChI is InChI=1S/C17H21N3/c1-2-16(18)17-8-7-15(11-19-17)20-10-9-13-5-3-4-6-14(13)12-20/h3-8,11,16H,2,9-10,12,18H2,1H3/t16-/m0/s1. The first-order chi connectivity index (χ1) is 9.78. The molecular formula is C17H21N3. The lowest BCUT2D eigenvalue weighted by atomic mass is 9.99. The van der Waals surface area contributed by atoms with Gasteiger partial charge in [-0.3, -0.25) is 4.98 Å². The maximum absolute atomic E-state index is 6.01. The first-order valence-corrected chi connectivity index (χ1v) is 7.31. The average Bonchev–Trinajstić information content (AvgIpc) is 2.54. The Morgan fingerprint density at radius 2 is 2.00 bits per heavy atom. The monoisotopic (exact) mass is 267 g/mol. The molecule has 1 aliphatic rings. The van der Waals surface area contributed by atoms with Crippen molar-refractivity contribution in [1.29, 1.82) is 0 Å². The number of fused-ring (bicyclic) bond motifs is 1. The number of nitrogens with zero attached hydrogens (tertiary/aromatic N) is 2. The van der Waals surface area contributed by atoms with Crippen LogP contribution in [0.2, 0.25) is 0 Å². The van der Waals surface area contributed by atoms with Gasteiger partial charge in [-0.25, -0.2) is 0 Å². The molecule has 0 aliphatic carbocycles. The smallest absolute Gasteiger partial charge is 0.0572 e. The lowest BCUT2D eigenvalue weighted by molar-refractivity contribution is 0.673. The molecule has 0 bridgehead atoms. The van der Waals surface area contributed by atoms with Crippen LogP contribution >= 0.6 is 0 Å². The van der Waals surface area contributed by atoms with Crippen LogP contribution in [0.25, 0.3) is 0 Å². The molecular weight excluding hydrogens is 246 g/mol. The van der Waals surface area contributed by atoms with Crippen LogP contribution in [0.15, 0.2) is 42.6 Å². The lowest BCUT2D eigenvalue weighted by Gasteiger charge is -2.30. The van der Waals surface area contributed by atoms with E-state index in [4.69, 9.17) is 5.73 Å². The summed E-state index contributed by atoms with van der Waals surface area (Å²) in [6, 6.07) is 12.9. The molecule has 0 saturated carbocycles. The third kappa shape index (κ3) is 2.54. The Hall–Kier alpha value is -1.87. The molecule has 0 fully saturated rings. The molecule has 20 heavy (non-hydrogen) atoms. The third-order valence-electron chi connectivity index (χ3n) is 4.09. The van der Waals surface area contributed by atoms with Crippen molar-refractivity contribution in [3.05, 3.63) is 59.4 Å². The van der Waals surface area contributed by atoms with Gasteiger partial charge in [0.05, 0.1) is 17.6 Å². The van der Waals surface area contributed by atoms with Crippen molar-refractivity contribution in [2.45, 2.75) is 32.4 Å². The van der Waals surface area contributed by atoms with Crippen LogP contribution in [-0.4, -0.2) is 11.5 Å².